The molecule has 260 valence electrons. The standard InChI is InChI=1S/C44H35NO6P2/c1-25-21-29-13-5-9-17-33(29)37-38-34-18-10-6-14-30(34)22-26(2)42(38)49-52(46,48-41(25)37)45-53(47)50-43-27(3)23-31-15-7-11-19-35(31)39(43)40-36-20-12-8-16-32(36)24-28(4)44(40)51-53/h5-24,45-47H,1-4H3/q+2. The van der Waals surface area contributed by atoms with Crippen LogP contribution in [0.25, 0.3) is 65.3 Å². The van der Waals surface area contributed by atoms with E-state index in [4.69, 9.17) is 18.1 Å². The third-order valence-electron chi connectivity index (χ3n) is 10.4. The van der Waals surface area contributed by atoms with Gasteiger partial charge in [0.15, 0.2) is 23.0 Å². The molecule has 0 aliphatic carbocycles. The van der Waals surface area contributed by atoms with Gasteiger partial charge in [0.25, 0.3) is 0 Å². The fourth-order valence-electron chi connectivity index (χ4n) is 8.11. The summed E-state index contributed by atoms with van der Waals surface area (Å²) in [6.45, 7) is 7.82. The summed E-state index contributed by atoms with van der Waals surface area (Å²) in [5, 5.41) is 7.91. The summed E-state index contributed by atoms with van der Waals surface area (Å²) >= 11 is 0. The van der Waals surface area contributed by atoms with Gasteiger partial charge in [0.2, 0.25) is 0 Å². The molecule has 7 nitrogen and oxygen atoms in total. The van der Waals surface area contributed by atoms with Gasteiger partial charge >= 0.3 is 16.2 Å². The van der Waals surface area contributed by atoms with Crippen molar-refractivity contribution in [3.63, 3.8) is 0 Å². The topological polar surface area (TPSA) is 89.4 Å². The second kappa shape index (κ2) is 11.6. The Labute approximate surface area is 307 Å². The largest absolute Gasteiger partial charge is 0.632 e. The molecule has 10 rings (SSSR count). The van der Waals surface area contributed by atoms with Gasteiger partial charge in [0, 0.05) is 22.3 Å². The second-order valence-corrected chi connectivity index (χ2v) is 17.6. The highest BCUT2D eigenvalue weighted by atomic mass is 31.3. The number of rotatable bonds is 2. The zero-order chi connectivity index (χ0) is 36.2. The maximum absolute atomic E-state index is 12.8. The van der Waals surface area contributed by atoms with Gasteiger partial charge in [-0.05, 0) is 117 Å². The molecule has 2 aliphatic rings. The number of aryl methyl sites for hydroxylation is 4. The SMILES string of the molecule is Cc1cc2ccccc2c2c1O[P+](O)(N[P+]1(O)Oc3c(C)cc4ccccc4c3-c3c(c(C)cc4ccccc34)O1)Oc1c(C)cc3ccccc3c1-2. The molecule has 0 bridgehead atoms. The van der Waals surface area contributed by atoms with E-state index in [0.29, 0.717) is 23.0 Å². The molecule has 0 fully saturated rings. The molecule has 0 saturated carbocycles. The van der Waals surface area contributed by atoms with Gasteiger partial charge in [-0.2, -0.15) is 9.79 Å². The molecule has 53 heavy (non-hydrogen) atoms. The van der Waals surface area contributed by atoms with E-state index < -0.39 is 16.2 Å². The van der Waals surface area contributed by atoms with Gasteiger partial charge in [-0.3, -0.25) is 18.1 Å². The number of hydrogen-bond acceptors (Lipinski definition) is 7. The van der Waals surface area contributed by atoms with Crippen molar-refractivity contribution in [1.82, 2.24) is 4.86 Å². The van der Waals surface area contributed by atoms with Gasteiger partial charge < -0.3 is 0 Å². The predicted molar refractivity (Wildman–Crippen MR) is 217 cm³/mol. The highest BCUT2D eigenvalue weighted by Crippen LogP contribution is 2.71. The number of benzene rings is 8. The average Bonchev–Trinajstić information content (AvgIpc) is 3.37. The lowest BCUT2D eigenvalue weighted by atomic mass is 9.89. The van der Waals surface area contributed by atoms with Crippen LogP contribution in [0.2, 0.25) is 0 Å². The molecule has 3 N–H and O–H groups in total. The molecule has 9 heteroatoms. The van der Waals surface area contributed by atoms with Crippen LogP contribution < -0.4 is 23.0 Å². The maximum atomic E-state index is 12.8. The van der Waals surface area contributed by atoms with Crippen LogP contribution in [0.4, 0.5) is 0 Å². The van der Waals surface area contributed by atoms with E-state index in [1.54, 1.807) is 0 Å². The summed E-state index contributed by atoms with van der Waals surface area (Å²) in [6, 6.07) is 40.7. The summed E-state index contributed by atoms with van der Waals surface area (Å²) < 4.78 is 26.8. The minimum atomic E-state index is -4.29. The number of nitrogens with one attached hydrogen (secondary N) is 1. The highest BCUT2D eigenvalue weighted by molar-refractivity contribution is 7.75. The van der Waals surface area contributed by atoms with E-state index >= 15 is 0 Å². The molecule has 8 aromatic rings. The molecule has 0 atom stereocenters. The fraction of sp³-hybridized carbons (Fsp3) is 0.0909. The minimum Gasteiger partial charge on any atom is -0.260 e. The molecule has 0 spiro atoms. The Morgan fingerprint density at radius 3 is 0.849 bits per heavy atom. The zero-order valence-corrected chi connectivity index (χ0v) is 31.3. The quantitative estimate of drug-likeness (QED) is 0.152. The Morgan fingerprint density at radius 1 is 0.377 bits per heavy atom. The smallest absolute Gasteiger partial charge is 0.260 e. The Bertz CT molecular complexity index is 2490. The second-order valence-electron chi connectivity index (χ2n) is 14.0. The predicted octanol–water partition coefficient (Wildman–Crippen LogP) is 12.0. The molecular formula is C44H35NO6P2+2. The molecule has 8 aromatic carbocycles. The van der Waals surface area contributed by atoms with E-state index in [1.807, 2.05) is 100 Å². The first-order valence-electron chi connectivity index (χ1n) is 17.5. The van der Waals surface area contributed by atoms with Gasteiger partial charge in [0.1, 0.15) is 4.86 Å². The van der Waals surface area contributed by atoms with Gasteiger partial charge in [-0.25, -0.2) is 0 Å². The van der Waals surface area contributed by atoms with Crippen LogP contribution in [0.1, 0.15) is 22.3 Å². The van der Waals surface area contributed by atoms with Crippen LogP contribution in [-0.2, 0) is 0 Å². The minimum absolute atomic E-state index is 0.452. The van der Waals surface area contributed by atoms with E-state index in [9.17, 15) is 9.79 Å². The third kappa shape index (κ3) is 5.00. The summed E-state index contributed by atoms with van der Waals surface area (Å²) in [7, 11) is -8.57. The normalized spacial score (nSPS) is 15.2. The van der Waals surface area contributed by atoms with Crippen LogP contribution in [0.15, 0.2) is 121 Å². The van der Waals surface area contributed by atoms with Crippen molar-refractivity contribution in [2.75, 3.05) is 0 Å². The van der Waals surface area contributed by atoms with Crippen molar-refractivity contribution in [2.24, 2.45) is 0 Å². The van der Waals surface area contributed by atoms with E-state index in [2.05, 4.69) is 53.4 Å². The van der Waals surface area contributed by atoms with Crippen molar-refractivity contribution in [3.8, 4) is 45.3 Å². The molecule has 0 saturated heterocycles. The van der Waals surface area contributed by atoms with Gasteiger partial charge in [0.05, 0.1) is 0 Å². The van der Waals surface area contributed by atoms with Crippen LogP contribution >= 0.6 is 16.2 Å². The molecule has 2 aliphatic heterocycles. The lowest BCUT2D eigenvalue weighted by molar-refractivity contribution is 0.311. The van der Waals surface area contributed by atoms with Crippen molar-refractivity contribution < 1.29 is 27.9 Å². The number of fused-ring (bicyclic) bond motifs is 14. The molecule has 0 radical (unpaired) electrons. The Morgan fingerprint density at radius 2 is 0.604 bits per heavy atom. The molecule has 0 aromatic heterocycles. The van der Waals surface area contributed by atoms with E-state index in [0.717, 1.165) is 87.6 Å². The van der Waals surface area contributed by atoms with Crippen LogP contribution in [0, 0.1) is 27.7 Å². The third-order valence-corrected chi connectivity index (χ3v) is 14.1. The summed E-state index contributed by atoms with van der Waals surface area (Å²) in [6.07, 6.45) is 0. The first kappa shape index (κ1) is 32.4. The fourth-order valence-corrected chi connectivity index (χ4v) is 12.0. The lowest BCUT2D eigenvalue weighted by Crippen LogP contribution is -2.29. The Balaban J connectivity index is 1.21. The van der Waals surface area contributed by atoms with Crippen molar-refractivity contribution in [3.05, 3.63) is 144 Å². The first-order valence-corrected chi connectivity index (χ1v) is 20.7. The average molecular weight is 736 g/mol. The lowest BCUT2D eigenvalue weighted by Gasteiger charge is -2.21. The monoisotopic (exact) mass is 735 g/mol. The van der Waals surface area contributed by atoms with Crippen molar-refractivity contribution in [1.29, 1.82) is 0 Å². The summed E-state index contributed by atoms with van der Waals surface area (Å²) in [5.74, 6) is 1.81. The van der Waals surface area contributed by atoms with Crippen molar-refractivity contribution in [2.45, 2.75) is 27.7 Å². The molecule has 0 unspecified atom stereocenters. The van der Waals surface area contributed by atoms with Gasteiger partial charge in [-0.1, -0.05) is 97.1 Å². The van der Waals surface area contributed by atoms with Crippen LogP contribution in [0.5, 0.6) is 23.0 Å². The van der Waals surface area contributed by atoms with Crippen LogP contribution in [-0.4, -0.2) is 9.79 Å². The summed E-state index contributed by atoms with van der Waals surface area (Å²) in [5.41, 5.74) is 6.43. The molecular weight excluding hydrogens is 700 g/mol. The van der Waals surface area contributed by atoms with Crippen molar-refractivity contribution >= 4 is 59.3 Å². The van der Waals surface area contributed by atoms with Gasteiger partial charge in [-0.15, -0.1) is 0 Å². The van der Waals surface area contributed by atoms with Crippen LogP contribution in [0.3, 0.4) is 0 Å². The highest BCUT2D eigenvalue weighted by Gasteiger charge is 2.67. The Hall–Kier alpha value is -5.26. The first-order chi connectivity index (χ1) is 25.6. The summed E-state index contributed by atoms with van der Waals surface area (Å²) in [4.78, 5) is 28.6. The zero-order valence-electron chi connectivity index (χ0n) is 29.5. The van der Waals surface area contributed by atoms with E-state index in [1.165, 1.54) is 0 Å². The molecule has 0 amide bonds. The number of hydrogen-bond donors (Lipinski definition) is 3. The van der Waals surface area contributed by atoms with E-state index in [-0.39, 0.29) is 0 Å². The maximum Gasteiger partial charge on any atom is 0.632 e. The molecule has 2 heterocycles. The Kier molecular flexibility index (Phi) is 7.10.